The molecule has 0 aliphatic heterocycles. The van der Waals surface area contributed by atoms with Crippen LogP contribution in [-0.4, -0.2) is 47.4 Å². The monoisotopic (exact) mass is 886 g/mol. The number of amides is 1. The molecule has 0 fully saturated rings. The minimum Gasteiger partial charge on any atom is -0.466 e. The van der Waals surface area contributed by atoms with E-state index in [-0.39, 0.29) is 18.5 Å². The fraction of sp³-hybridized carbons (Fsp3) is 0.860. The molecular weight excluding hydrogens is 779 g/mol. The summed E-state index contributed by atoms with van der Waals surface area (Å²) in [6.07, 6.45) is 64.2. The third-order valence-corrected chi connectivity index (χ3v) is 12.6. The topological polar surface area (TPSA) is 95.9 Å². The highest BCUT2D eigenvalue weighted by atomic mass is 16.5. The molecule has 63 heavy (non-hydrogen) atoms. The van der Waals surface area contributed by atoms with Gasteiger partial charge >= 0.3 is 5.97 Å². The molecule has 3 N–H and O–H groups in total. The number of carbonyl (C=O) groups is 2. The SMILES string of the molecule is CCC/C=C\C/C=C\CCCCCCCC(=O)OCCCCCCCCCCCCCC/C=C\CCCCCCCCCC(=O)NC(CO)C(O)CCCCCCCCCCCC. The minimum atomic E-state index is -0.666. The molecular formula is C57H107NO5. The lowest BCUT2D eigenvalue weighted by Crippen LogP contribution is -2.45. The number of unbranched alkanes of at least 4 members (excludes halogenated alkanes) is 34. The second-order valence-electron chi connectivity index (χ2n) is 18.9. The summed E-state index contributed by atoms with van der Waals surface area (Å²) < 4.78 is 5.46. The number of hydrogen-bond donors (Lipinski definition) is 3. The van der Waals surface area contributed by atoms with Crippen LogP contribution in [0, 0.1) is 0 Å². The van der Waals surface area contributed by atoms with E-state index in [4.69, 9.17) is 4.74 Å². The van der Waals surface area contributed by atoms with Crippen LogP contribution in [0.5, 0.6) is 0 Å². The Hall–Kier alpha value is -1.92. The van der Waals surface area contributed by atoms with Gasteiger partial charge in [-0.15, -0.1) is 0 Å². The first-order valence-corrected chi connectivity index (χ1v) is 27.7. The van der Waals surface area contributed by atoms with Gasteiger partial charge < -0.3 is 20.3 Å². The first-order valence-electron chi connectivity index (χ1n) is 27.7. The maximum Gasteiger partial charge on any atom is 0.305 e. The quantitative estimate of drug-likeness (QED) is 0.0321. The van der Waals surface area contributed by atoms with Crippen LogP contribution in [0.4, 0.5) is 0 Å². The Kier molecular flexibility index (Phi) is 51.1. The first kappa shape index (κ1) is 61.1. The van der Waals surface area contributed by atoms with Crippen LogP contribution in [0.15, 0.2) is 36.5 Å². The first-order chi connectivity index (χ1) is 31.0. The minimum absolute atomic E-state index is 0.00439. The van der Waals surface area contributed by atoms with Crippen molar-refractivity contribution in [1.82, 2.24) is 5.32 Å². The Labute approximate surface area is 392 Å². The van der Waals surface area contributed by atoms with Crippen LogP contribution >= 0.6 is 0 Å². The van der Waals surface area contributed by atoms with Crippen molar-refractivity contribution in [2.75, 3.05) is 13.2 Å². The van der Waals surface area contributed by atoms with Crippen molar-refractivity contribution in [2.45, 2.75) is 302 Å². The van der Waals surface area contributed by atoms with Crippen molar-refractivity contribution in [3.63, 3.8) is 0 Å². The predicted octanol–water partition coefficient (Wildman–Crippen LogP) is 16.9. The van der Waals surface area contributed by atoms with Gasteiger partial charge in [-0.3, -0.25) is 9.59 Å². The van der Waals surface area contributed by atoms with E-state index in [1.807, 2.05) is 0 Å². The van der Waals surface area contributed by atoms with Crippen LogP contribution in [0.25, 0.3) is 0 Å². The van der Waals surface area contributed by atoms with Gasteiger partial charge in [0.25, 0.3) is 0 Å². The highest BCUT2D eigenvalue weighted by Gasteiger charge is 2.20. The number of nitrogens with one attached hydrogen (secondary N) is 1. The van der Waals surface area contributed by atoms with E-state index >= 15 is 0 Å². The Morgan fingerprint density at radius 2 is 0.825 bits per heavy atom. The fourth-order valence-electron chi connectivity index (χ4n) is 8.38. The lowest BCUT2D eigenvalue weighted by atomic mass is 10.0. The lowest BCUT2D eigenvalue weighted by molar-refractivity contribution is -0.143. The number of allylic oxidation sites excluding steroid dienone is 6. The smallest absolute Gasteiger partial charge is 0.305 e. The standard InChI is InChI=1S/C57H107NO5/c1-3-5-7-9-11-13-15-27-31-35-39-43-47-51-57(62)63-52-48-44-40-36-32-29-26-24-22-20-18-16-17-19-21-23-25-28-30-34-38-42-46-50-56(61)58-54(53-59)55(60)49-45-41-37-33-14-12-10-8-6-4-2/h7,9,13,15,19,21,54-55,59-60H,3-6,8,10-12,14,16-18,20,22-53H2,1-2H3,(H,58,61)/b9-7-,15-13-,21-19-. The summed E-state index contributed by atoms with van der Waals surface area (Å²) in [6.45, 7) is 4.86. The summed E-state index contributed by atoms with van der Waals surface area (Å²) in [5, 5.41) is 23.1. The van der Waals surface area contributed by atoms with Gasteiger partial charge in [-0.2, -0.15) is 0 Å². The average molecular weight is 886 g/mol. The van der Waals surface area contributed by atoms with Crippen molar-refractivity contribution >= 4 is 11.9 Å². The van der Waals surface area contributed by atoms with Crippen molar-refractivity contribution in [3.05, 3.63) is 36.5 Å². The summed E-state index contributed by atoms with van der Waals surface area (Å²) >= 11 is 0. The largest absolute Gasteiger partial charge is 0.466 e. The van der Waals surface area contributed by atoms with E-state index < -0.39 is 12.1 Å². The third-order valence-electron chi connectivity index (χ3n) is 12.6. The number of ether oxygens (including phenoxy) is 1. The predicted molar refractivity (Wildman–Crippen MR) is 273 cm³/mol. The van der Waals surface area contributed by atoms with Gasteiger partial charge in [0.05, 0.1) is 25.4 Å². The van der Waals surface area contributed by atoms with E-state index in [1.54, 1.807) is 0 Å². The van der Waals surface area contributed by atoms with E-state index in [0.29, 0.717) is 25.9 Å². The normalized spacial score (nSPS) is 12.9. The van der Waals surface area contributed by atoms with Gasteiger partial charge in [-0.1, -0.05) is 237 Å². The van der Waals surface area contributed by atoms with Gasteiger partial charge in [-0.25, -0.2) is 0 Å². The highest BCUT2D eigenvalue weighted by molar-refractivity contribution is 5.76. The molecule has 0 rings (SSSR count). The molecule has 0 aliphatic carbocycles. The van der Waals surface area contributed by atoms with Crippen LogP contribution in [0.1, 0.15) is 290 Å². The maximum absolute atomic E-state index is 12.4. The molecule has 0 aromatic carbocycles. The number of carbonyl (C=O) groups excluding carboxylic acids is 2. The number of hydrogen-bond acceptors (Lipinski definition) is 5. The molecule has 0 radical (unpaired) electrons. The summed E-state index contributed by atoms with van der Waals surface area (Å²) in [4.78, 5) is 24.4. The van der Waals surface area contributed by atoms with Gasteiger partial charge in [-0.05, 0) is 77.0 Å². The summed E-state index contributed by atoms with van der Waals surface area (Å²) in [5.41, 5.74) is 0. The number of esters is 1. The van der Waals surface area contributed by atoms with Crippen LogP contribution < -0.4 is 5.32 Å². The molecule has 0 bridgehead atoms. The van der Waals surface area contributed by atoms with Crippen molar-refractivity contribution in [3.8, 4) is 0 Å². The van der Waals surface area contributed by atoms with Gasteiger partial charge in [0.15, 0.2) is 0 Å². The average Bonchev–Trinajstić information content (AvgIpc) is 3.28. The number of aliphatic hydroxyl groups is 2. The third kappa shape index (κ3) is 49.4. The van der Waals surface area contributed by atoms with Gasteiger partial charge in [0.1, 0.15) is 0 Å². The molecule has 2 atom stereocenters. The summed E-state index contributed by atoms with van der Waals surface area (Å²) in [5.74, 6) is -0.0478. The molecule has 0 saturated heterocycles. The van der Waals surface area contributed by atoms with E-state index in [2.05, 4.69) is 55.6 Å². The molecule has 0 heterocycles. The zero-order chi connectivity index (χ0) is 45.8. The lowest BCUT2D eigenvalue weighted by Gasteiger charge is -2.22. The Morgan fingerprint density at radius 3 is 1.29 bits per heavy atom. The Balaban J connectivity index is 3.40. The van der Waals surface area contributed by atoms with Crippen LogP contribution in [0.2, 0.25) is 0 Å². The molecule has 6 heteroatoms. The zero-order valence-electron chi connectivity index (χ0n) is 42.1. The van der Waals surface area contributed by atoms with Crippen molar-refractivity contribution < 1.29 is 24.5 Å². The second kappa shape index (κ2) is 52.7. The summed E-state index contributed by atoms with van der Waals surface area (Å²) in [7, 11) is 0. The molecule has 0 aromatic heterocycles. The highest BCUT2D eigenvalue weighted by Crippen LogP contribution is 2.16. The molecule has 0 aromatic rings. The van der Waals surface area contributed by atoms with Crippen LogP contribution in [0.3, 0.4) is 0 Å². The van der Waals surface area contributed by atoms with E-state index in [0.717, 1.165) is 51.4 Å². The second-order valence-corrected chi connectivity index (χ2v) is 18.9. The van der Waals surface area contributed by atoms with Crippen LogP contribution in [-0.2, 0) is 14.3 Å². The molecule has 370 valence electrons. The van der Waals surface area contributed by atoms with Gasteiger partial charge in [0, 0.05) is 12.8 Å². The number of aliphatic hydroxyl groups excluding tert-OH is 2. The number of rotatable bonds is 51. The summed E-state index contributed by atoms with van der Waals surface area (Å²) in [6, 6.07) is -0.544. The molecule has 6 nitrogen and oxygen atoms in total. The van der Waals surface area contributed by atoms with E-state index in [9.17, 15) is 19.8 Å². The molecule has 1 amide bonds. The Bertz CT molecular complexity index is 1020. The fourth-order valence-corrected chi connectivity index (χ4v) is 8.38. The van der Waals surface area contributed by atoms with Crippen molar-refractivity contribution in [2.24, 2.45) is 0 Å². The van der Waals surface area contributed by atoms with Crippen molar-refractivity contribution in [1.29, 1.82) is 0 Å². The van der Waals surface area contributed by atoms with Gasteiger partial charge in [0.2, 0.25) is 5.91 Å². The molecule has 0 saturated carbocycles. The maximum atomic E-state index is 12.4. The Morgan fingerprint density at radius 1 is 0.444 bits per heavy atom. The molecule has 2 unspecified atom stereocenters. The zero-order valence-corrected chi connectivity index (χ0v) is 42.1. The molecule has 0 aliphatic rings. The van der Waals surface area contributed by atoms with E-state index in [1.165, 1.54) is 205 Å². The molecule has 0 spiro atoms.